The number of hydrogen-bond donors (Lipinski definition) is 0. The van der Waals surface area contributed by atoms with Crippen LogP contribution in [0.4, 0.5) is 5.69 Å². The van der Waals surface area contributed by atoms with Gasteiger partial charge in [0.1, 0.15) is 5.01 Å². The summed E-state index contributed by atoms with van der Waals surface area (Å²) in [6, 6.07) is 6.69. The molecule has 0 unspecified atom stereocenters. The fraction of sp³-hybridized carbons (Fsp3) is 0.400. The molecule has 3 rings (SSSR count). The maximum absolute atomic E-state index is 4.52. The van der Waals surface area contributed by atoms with Gasteiger partial charge in [0.2, 0.25) is 0 Å². The third-order valence-corrected chi connectivity index (χ3v) is 5.07. The van der Waals surface area contributed by atoms with E-state index in [9.17, 15) is 0 Å². The van der Waals surface area contributed by atoms with Crippen LogP contribution in [-0.4, -0.2) is 18.1 Å². The van der Waals surface area contributed by atoms with E-state index >= 15 is 0 Å². The number of rotatable bonds is 2. The van der Waals surface area contributed by atoms with Gasteiger partial charge in [-0.3, -0.25) is 0 Å². The van der Waals surface area contributed by atoms with Crippen LogP contribution in [0.2, 0.25) is 0 Å². The summed E-state index contributed by atoms with van der Waals surface area (Å²) in [5, 5.41) is 1.10. The topological polar surface area (TPSA) is 16.1 Å². The van der Waals surface area contributed by atoms with Crippen LogP contribution in [0, 0.1) is 6.92 Å². The summed E-state index contributed by atoms with van der Waals surface area (Å²) in [5.41, 5.74) is 3.93. The molecule has 0 saturated carbocycles. The highest BCUT2D eigenvalue weighted by molar-refractivity contribution is 9.11. The Morgan fingerprint density at radius 3 is 2.68 bits per heavy atom. The number of hydrogen-bond acceptors (Lipinski definition) is 3. The van der Waals surface area contributed by atoms with Crippen LogP contribution in [-0.2, 0) is 0 Å². The molecule has 1 aromatic heterocycles. The molecule has 1 saturated heterocycles. The van der Waals surface area contributed by atoms with Crippen molar-refractivity contribution in [1.29, 1.82) is 0 Å². The van der Waals surface area contributed by atoms with Gasteiger partial charge < -0.3 is 4.90 Å². The molecule has 1 fully saturated rings. The standard InChI is InChI=1S/C15H17BrN2S/c1-11-5-6-12(15-17-10-14(16)19-15)13(9-11)18-7-3-2-4-8-18/h5-6,9-10H,2-4,7-8H2,1H3. The Bertz CT molecular complexity index is 573. The summed E-state index contributed by atoms with van der Waals surface area (Å²) in [6.45, 7) is 4.50. The lowest BCUT2D eigenvalue weighted by molar-refractivity contribution is 0.578. The number of piperidine rings is 1. The van der Waals surface area contributed by atoms with E-state index in [-0.39, 0.29) is 0 Å². The molecule has 1 aliphatic heterocycles. The first-order valence-electron chi connectivity index (χ1n) is 6.71. The fourth-order valence-corrected chi connectivity index (χ4v) is 3.84. The van der Waals surface area contributed by atoms with Gasteiger partial charge in [-0.25, -0.2) is 4.98 Å². The van der Waals surface area contributed by atoms with Crippen molar-refractivity contribution >= 4 is 33.0 Å². The van der Waals surface area contributed by atoms with Gasteiger partial charge in [-0.1, -0.05) is 6.07 Å². The molecule has 0 spiro atoms. The first-order chi connectivity index (χ1) is 9.24. The van der Waals surface area contributed by atoms with E-state index in [2.05, 4.69) is 50.9 Å². The van der Waals surface area contributed by atoms with Crippen LogP contribution in [0.5, 0.6) is 0 Å². The van der Waals surface area contributed by atoms with Crippen molar-refractivity contribution in [1.82, 2.24) is 4.98 Å². The number of benzene rings is 1. The SMILES string of the molecule is Cc1ccc(-c2ncc(Br)s2)c(N2CCCCC2)c1. The molecular formula is C15H17BrN2S. The van der Waals surface area contributed by atoms with E-state index in [1.54, 1.807) is 11.3 Å². The maximum atomic E-state index is 4.52. The highest BCUT2D eigenvalue weighted by atomic mass is 79.9. The predicted octanol–water partition coefficient (Wildman–Crippen LogP) is 4.87. The molecule has 1 aliphatic rings. The predicted molar refractivity (Wildman–Crippen MR) is 86.1 cm³/mol. The van der Waals surface area contributed by atoms with E-state index in [1.807, 2.05) is 6.20 Å². The Kier molecular flexibility index (Phi) is 3.89. The Morgan fingerprint density at radius 2 is 2.00 bits per heavy atom. The zero-order valence-electron chi connectivity index (χ0n) is 11.0. The molecule has 0 radical (unpaired) electrons. The van der Waals surface area contributed by atoms with Crippen molar-refractivity contribution in [3.05, 3.63) is 33.7 Å². The minimum atomic E-state index is 1.09. The van der Waals surface area contributed by atoms with Gasteiger partial charge in [-0.2, -0.15) is 0 Å². The van der Waals surface area contributed by atoms with Crippen LogP contribution in [0.25, 0.3) is 10.6 Å². The van der Waals surface area contributed by atoms with Gasteiger partial charge in [0, 0.05) is 24.3 Å². The van der Waals surface area contributed by atoms with Gasteiger partial charge in [0.05, 0.1) is 9.98 Å². The van der Waals surface area contributed by atoms with E-state index in [1.165, 1.54) is 49.2 Å². The smallest absolute Gasteiger partial charge is 0.126 e. The Morgan fingerprint density at radius 1 is 1.21 bits per heavy atom. The average molecular weight is 337 g/mol. The van der Waals surface area contributed by atoms with Crippen molar-refractivity contribution in [3.8, 4) is 10.6 Å². The first kappa shape index (κ1) is 13.1. The monoisotopic (exact) mass is 336 g/mol. The Balaban J connectivity index is 2.03. The second-order valence-electron chi connectivity index (χ2n) is 5.04. The van der Waals surface area contributed by atoms with Gasteiger partial charge in [0.25, 0.3) is 0 Å². The van der Waals surface area contributed by atoms with E-state index in [4.69, 9.17) is 0 Å². The molecule has 2 nitrogen and oxygen atoms in total. The minimum Gasteiger partial charge on any atom is -0.371 e. The Labute approximate surface area is 126 Å². The largest absolute Gasteiger partial charge is 0.371 e. The summed E-state index contributed by atoms with van der Waals surface area (Å²) < 4.78 is 1.09. The van der Waals surface area contributed by atoms with Crippen LogP contribution < -0.4 is 4.90 Å². The molecule has 1 aromatic carbocycles. The number of aryl methyl sites for hydroxylation is 1. The van der Waals surface area contributed by atoms with Crippen molar-refractivity contribution in [3.63, 3.8) is 0 Å². The number of nitrogens with zero attached hydrogens (tertiary/aromatic N) is 2. The lowest BCUT2D eigenvalue weighted by Gasteiger charge is -2.30. The molecule has 0 amide bonds. The minimum absolute atomic E-state index is 1.09. The van der Waals surface area contributed by atoms with Gasteiger partial charge in [0.15, 0.2) is 0 Å². The highest BCUT2D eigenvalue weighted by Gasteiger charge is 2.17. The molecule has 0 atom stereocenters. The molecule has 4 heteroatoms. The van der Waals surface area contributed by atoms with Gasteiger partial charge >= 0.3 is 0 Å². The second kappa shape index (κ2) is 5.63. The normalized spacial score (nSPS) is 15.8. The number of halogens is 1. The summed E-state index contributed by atoms with van der Waals surface area (Å²) in [7, 11) is 0. The third kappa shape index (κ3) is 2.84. The number of thiazole rings is 1. The molecule has 0 N–H and O–H groups in total. The second-order valence-corrected chi connectivity index (χ2v) is 7.45. The van der Waals surface area contributed by atoms with Crippen molar-refractivity contribution < 1.29 is 0 Å². The highest BCUT2D eigenvalue weighted by Crippen LogP contribution is 2.36. The molecule has 0 aliphatic carbocycles. The Hall–Kier alpha value is -0.870. The quantitative estimate of drug-likeness (QED) is 0.777. The van der Waals surface area contributed by atoms with Crippen LogP contribution in [0.1, 0.15) is 24.8 Å². The molecule has 19 heavy (non-hydrogen) atoms. The summed E-state index contributed by atoms with van der Waals surface area (Å²) in [6.07, 6.45) is 5.85. The summed E-state index contributed by atoms with van der Waals surface area (Å²) in [4.78, 5) is 7.03. The van der Waals surface area contributed by atoms with Crippen LogP contribution in [0.15, 0.2) is 28.2 Å². The maximum Gasteiger partial charge on any atom is 0.126 e. The van der Waals surface area contributed by atoms with Crippen molar-refractivity contribution in [2.24, 2.45) is 0 Å². The summed E-state index contributed by atoms with van der Waals surface area (Å²) in [5.74, 6) is 0. The van der Waals surface area contributed by atoms with E-state index in [0.29, 0.717) is 0 Å². The van der Waals surface area contributed by atoms with Crippen molar-refractivity contribution in [2.75, 3.05) is 18.0 Å². The molecular weight excluding hydrogens is 320 g/mol. The average Bonchev–Trinajstić information content (AvgIpc) is 2.86. The zero-order valence-corrected chi connectivity index (χ0v) is 13.4. The fourth-order valence-electron chi connectivity index (χ4n) is 2.60. The van der Waals surface area contributed by atoms with Crippen LogP contribution >= 0.6 is 27.3 Å². The number of aromatic nitrogens is 1. The molecule has 2 aromatic rings. The molecule has 2 heterocycles. The molecule has 0 bridgehead atoms. The van der Waals surface area contributed by atoms with E-state index < -0.39 is 0 Å². The number of anilines is 1. The lowest BCUT2D eigenvalue weighted by Crippen LogP contribution is -2.29. The van der Waals surface area contributed by atoms with E-state index in [0.717, 1.165) is 8.79 Å². The first-order valence-corrected chi connectivity index (χ1v) is 8.32. The van der Waals surface area contributed by atoms with Crippen LogP contribution in [0.3, 0.4) is 0 Å². The van der Waals surface area contributed by atoms with Gasteiger partial charge in [-0.05, 0) is 59.8 Å². The lowest BCUT2D eigenvalue weighted by atomic mass is 10.1. The summed E-state index contributed by atoms with van der Waals surface area (Å²) >= 11 is 5.21. The third-order valence-electron chi connectivity index (χ3n) is 3.56. The van der Waals surface area contributed by atoms with Gasteiger partial charge in [-0.15, -0.1) is 11.3 Å². The zero-order chi connectivity index (χ0) is 13.2. The molecule has 100 valence electrons. The van der Waals surface area contributed by atoms with Crippen molar-refractivity contribution in [2.45, 2.75) is 26.2 Å².